The summed E-state index contributed by atoms with van der Waals surface area (Å²) >= 11 is 0. The Bertz CT molecular complexity index is 742. The van der Waals surface area contributed by atoms with E-state index in [0.717, 1.165) is 5.56 Å². The number of piperidine rings is 1. The van der Waals surface area contributed by atoms with E-state index in [1.165, 1.54) is 16.4 Å². The van der Waals surface area contributed by atoms with Crippen molar-refractivity contribution in [3.05, 3.63) is 35.6 Å². The summed E-state index contributed by atoms with van der Waals surface area (Å²) < 4.78 is 39.2. The van der Waals surface area contributed by atoms with Gasteiger partial charge in [-0.25, -0.2) is 21.9 Å². The number of imide groups is 1. The predicted molar refractivity (Wildman–Crippen MR) is 84.2 cm³/mol. The number of sulfonamides is 1. The maximum absolute atomic E-state index is 13.0. The van der Waals surface area contributed by atoms with Crippen LogP contribution in [0.5, 0.6) is 0 Å². The molecule has 0 spiro atoms. The summed E-state index contributed by atoms with van der Waals surface area (Å²) in [5.74, 6) is -1.17. The summed E-state index contributed by atoms with van der Waals surface area (Å²) in [5, 5.41) is 4.32. The van der Waals surface area contributed by atoms with Crippen LogP contribution < -0.4 is 10.6 Å². The maximum atomic E-state index is 13.0. The van der Waals surface area contributed by atoms with Gasteiger partial charge in [-0.15, -0.1) is 0 Å². The molecule has 2 heterocycles. The number of nitrogens with zero attached hydrogens (tertiary/aromatic N) is 1. The highest BCUT2D eigenvalue weighted by Gasteiger charge is 2.37. The monoisotopic (exact) mass is 355 g/mol. The molecule has 130 valence electrons. The fourth-order valence-corrected chi connectivity index (χ4v) is 4.73. The molecule has 2 saturated heterocycles. The van der Waals surface area contributed by atoms with Crippen LogP contribution in [0.25, 0.3) is 0 Å². The lowest BCUT2D eigenvalue weighted by molar-refractivity contribution is -0.119. The van der Waals surface area contributed by atoms with Crippen molar-refractivity contribution in [1.82, 2.24) is 14.9 Å². The number of carbonyl (C=O) groups excluding carboxylic acids is 2. The number of hydrogen-bond donors (Lipinski definition) is 2. The fourth-order valence-electron chi connectivity index (χ4n) is 3.09. The van der Waals surface area contributed by atoms with Gasteiger partial charge in [-0.05, 0) is 36.5 Å². The van der Waals surface area contributed by atoms with Crippen molar-refractivity contribution in [2.45, 2.75) is 24.8 Å². The van der Waals surface area contributed by atoms with E-state index in [-0.39, 0.29) is 11.7 Å². The molecule has 0 aliphatic carbocycles. The van der Waals surface area contributed by atoms with Crippen molar-refractivity contribution in [3.8, 4) is 0 Å². The fraction of sp³-hybridized carbons (Fsp3) is 0.467. The van der Waals surface area contributed by atoms with E-state index in [2.05, 4.69) is 5.32 Å². The first-order valence-electron chi connectivity index (χ1n) is 7.70. The van der Waals surface area contributed by atoms with Gasteiger partial charge in [0.05, 0.1) is 5.75 Å². The molecule has 0 unspecified atom stereocenters. The second kappa shape index (κ2) is 6.48. The van der Waals surface area contributed by atoms with Crippen LogP contribution in [0.4, 0.5) is 9.18 Å². The van der Waals surface area contributed by atoms with Crippen LogP contribution in [0.1, 0.15) is 24.3 Å². The Hall–Kier alpha value is -2.00. The normalized spacial score (nSPS) is 23.1. The summed E-state index contributed by atoms with van der Waals surface area (Å²) in [6, 6.07) is 4.54. The third kappa shape index (κ3) is 3.57. The Balaban J connectivity index is 1.60. The van der Waals surface area contributed by atoms with E-state index in [1.807, 2.05) is 5.32 Å². The number of benzene rings is 1. The highest BCUT2D eigenvalue weighted by Crippen LogP contribution is 2.29. The van der Waals surface area contributed by atoms with Crippen LogP contribution in [-0.2, 0) is 14.8 Å². The molecule has 0 saturated carbocycles. The molecule has 3 rings (SSSR count). The summed E-state index contributed by atoms with van der Waals surface area (Å²) in [6.45, 7) is 0.680. The Morgan fingerprint density at radius 2 is 1.75 bits per heavy atom. The zero-order valence-electron chi connectivity index (χ0n) is 12.9. The number of hydrogen-bond acceptors (Lipinski definition) is 4. The molecule has 2 fully saturated rings. The van der Waals surface area contributed by atoms with Crippen molar-refractivity contribution < 1.29 is 22.4 Å². The summed E-state index contributed by atoms with van der Waals surface area (Å²) in [7, 11) is -3.64. The number of amides is 3. The Morgan fingerprint density at radius 3 is 2.29 bits per heavy atom. The molecular formula is C15H18FN3O4S. The zero-order valence-corrected chi connectivity index (χ0v) is 13.7. The van der Waals surface area contributed by atoms with Gasteiger partial charge < -0.3 is 5.32 Å². The highest BCUT2D eigenvalue weighted by atomic mass is 32.2. The Kier molecular flexibility index (Phi) is 4.55. The second-order valence-corrected chi connectivity index (χ2v) is 8.03. The lowest BCUT2D eigenvalue weighted by Crippen LogP contribution is -2.45. The van der Waals surface area contributed by atoms with Crippen LogP contribution in [-0.4, -0.2) is 49.5 Å². The first-order valence-corrected chi connectivity index (χ1v) is 9.31. The summed E-state index contributed by atoms with van der Waals surface area (Å²) in [6.07, 6.45) is 1.27. The molecule has 9 heteroatoms. The first kappa shape index (κ1) is 16.8. The lowest BCUT2D eigenvalue weighted by Gasteiger charge is -2.31. The van der Waals surface area contributed by atoms with Gasteiger partial charge in [-0.3, -0.25) is 10.1 Å². The minimum Gasteiger partial charge on any atom is -0.325 e. The number of rotatable bonds is 4. The highest BCUT2D eigenvalue weighted by molar-refractivity contribution is 7.89. The molecule has 1 aromatic carbocycles. The number of halogens is 1. The van der Waals surface area contributed by atoms with E-state index < -0.39 is 33.8 Å². The molecule has 2 N–H and O–H groups in total. The molecule has 1 atom stereocenters. The van der Waals surface area contributed by atoms with Gasteiger partial charge in [0.25, 0.3) is 5.91 Å². The molecule has 1 aromatic rings. The average Bonchev–Trinajstić information content (AvgIpc) is 2.85. The van der Waals surface area contributed by atoms with Crippen LogP contribution in [0, 0.1) is 5.82 Å². The van der Waals surface area contributed by atoms with Crippen molar-refractivity contribution in [2.24, 2.45) is 0 Å². The molecule has 7 nitrogen and oxygen atoms in total. The van der Waals surface area contributed by atoms with Crippen LogP contribution in [0.15, 0.2) is 24.3 Å². The minimum absolute atomic E-state index is 0.187. The van der Waals surface area contributed by atoms with E-state index in [9.17, 15) is 22.4 Å². The van der Waals surface area contributed by atoms with Crippen molar-refractivity contribution in [3.63, 3.8) is 0 Å². The van der Waals surface area contributed by atoms with Crippen LogP contribution in [0.2, 0.25) is 0 Å². The average molecular weight is 355 g/mol. The summed E-state index contributed by atoms with van der Waals surface area (Å²) in [4.78, 5) is 22.6. The van der Waals surface area contributed by atoms with Gasteiger partial charge >= 0.3 is 6.03 Å². The smallest absolute Gasteiger partial charge is 0.322 e. The molecule has 0 radical (unpaired) electrons. The molecule has 2 aliphatic rings. The van der Waals surface area contributed by atoms with Crippen molar-refractivity contribution in [1.29, 1.82) is 0 Å². The van der Waals surface area contributed by atoms with Gasteiger partial charge in [0.1, 0.15) is 11.9 Å². The predicted octanol–water partition coefficient (Wildman–Crippen LogP) is 0.543. The molecule has 24 heavy (non-hydrogen) atoms. The van der Waals surface area contributed by atoms with Crippen molar-refractivity contribution in [2.75, 3.05) is 18.8 Å². The van der Waals surface area contributed by atoms with E-state index in [1.54, 1.807) is 12.1 Å². The van der Waals surface area contributed by atoms with Crippen LogP contribution >= 0.6 is 0 Å². The van der Waals surface area contributed by atoms with Gasteiger partial charge in [0.2, 0.25) is 10.0 Å². The van der Waals surface area contributed by atoms with Gasteiger partial charge in [0, 0.05) is 13.1 Å². The van der Waals surface area contributed by atoms with E-state index in [0.29, 0.717) is 25.9 Å². The molecule has 2 aliphatic heterocycles. The number of carbonyl (C=O) groups is 2. The lowest BCUT2D eigenvalue weighted by atomic mass is 9.90. The van der Waals surface area contributed by atoms with Gasteiger partial charge in [-0.2, -0.15) is 0 Å². The standard InChI is InChI=1S/C15H18FN3O4S/c16-12-3-1-10(2-4-12)11-5-7-19(8-6-11)24(22,23)9-13-14(20)18-15(21)17-13/h1-4,11,13H,5-9H2,(H2,17,18,20,21)/t13-/m1/s1. The molecule has 0 bridgehead atoms. The third-order valence-electron chi connectivity index (χ3n) is 4.42. The number of nitrogens with one attached hydrogen (secondary N) is 2. The summed E-state index contributed by atoms with van der Waals surface area (Å²) in [5.41, 5.74) is 0.996. The van der Waals surface area contributed by atoms with Gasteiger partial charge in [0.15, 0.2) is 0 Å². The second-order valence-electron chi connectivity index (χ2n) is 6.02. The Labute approximate surface area is 139 Å². The number of urea groups is 1. The molecule has 3 amide bonds. The first-order chi connectivity index (χ1) is 11.3. The van der Waals surface area contributed by atoms with E-state index in [4.69, 9.17) is 0 Å². The quantitative estimate of drug-likeness (QED) is 0.771. The maximum Gasteiger partial charge on any atom is 0.322 e. The Morgan fingerprint density at radius 1 is 1.12 bits per heavy atom. The topological polar surface area (TPSA) is 95.6 Å². The molecule has 0 aromatic heterocycles. The zero-order chi connectivity index (χ0) is 17.3. The van der Waals surface area contributed by atoms with Crippen LogP contribution in [0.3, 0.4) is 0 Å². The van der Waals surface area contributed by atoms with Crippen molar-refractivity contribution >= 4 is 22.0 Å². The molecular weight excluding hydrogens is 337 g/mol. The SMILES string of the molecule is O=C1NC(=O)[C@@H](CS(=O)(=O)N2CCC(c3ccc(F)cc3)CC2)N1. The van der Waals surface area contributed by atoms with Gasteiger partial charge in [-0.1, -0.05) is 12.1 Å². The van der Waals surface area contributed by atoms with E-state index >= 15 is 0 Å². The minimum atomic E-state index is -3.64. The largest absolute Gasteiger partial charge is 0.325 e. The third-order valence-corrected chi connectivity index (χ3v) is 6.33.